The summed E-state index contributed by atoms with van der Waals surface area (Å²) in [7, 11) is 1.74. The maximum absolute atomic E-state index is 11.0. The van der Waals surface area contributed by atoms with Crippen molar-refractivity contribution in [2.75, 3.05) is 20.1 Å². The summed E-state index contributed by atoms with van der Waals surface area (Å²) in [6.07, 6.45) is 0. The number of amides is 2. The summed E-state index contributed by atoms with van der Waals surface area (Å²) < 4.78 is 0.773. The van der Waals surface area contributed by atoms with Gasteiger partial charge in [0.05, 0.1) is 6.54 Å². The molecule has 0 radical (unpaired) electrons. The van der Waals surface area contributed by atoms with Gasteiger partial charge in [-0.1, -0.05) is 22.5 Å². The average Bonchev–Trinajstić information content (AvgIpc) is 1.98. The van der Waals surface area contributed by atoms with Gasteiger partial charge in [0.2, 0.25) is 0 Å². The minimum atomic E-state index is -0.0758. The monoisotopic (exact) mass is 220 g/mol. The first kappa shape index (κ1) is 10.5. The van der Waals surface area contributed by atoms with Gasteiger partial charge < -0.3 is 10.2 Å². The molecular weight excluding hydrogens is 208 g/mol. The Kier molecular flexibility index (Phi) is 4.94. The number of hydrogen-bond acceptors (Lipinski definition) is 1. The van der Waals surface area contributed by atoms with Crippen LogP contribution in [0.2, 0.25) is 0 Å². The number of carbonyl (C=O) groups excluding carboxylic acids is 1. The van der Waals surface area contributed by atoms with Crippen LogP contribution in [0.1, 0.15) is 6.92 Å². The highest BCUT2D eigenvalue weighted by atomic mass is 79.9. The third kappa shape index (κ3) is 4.84. The van der Waals surface area contributed by atoms with E-state index in [1.807, 2.05) is 6.92 Å². The predicted molar refractivity (Wildman–Crippen MR) is 49.8 cm³/mol. The molecule has 0 atom stereocenters. The summed E-state index contributed by atoms with van der Waals surface area (Å²) in [6, 6.07) is -0.0758. The molecule has 0 aromatic heterocycles. The summed E-state index contributed by atoms with van der Waals surface area (Å²) in [5.41, 5.74) is 0. The van der Waals surface area contributed by atoms with Gasteiger partial charge in [0, 0.05) is 18.1 Å². The first-order valence-electron chi connectivity index (χ1n) is 3.40. The Morgan fingerprint density at radius 3 is 2.64 bits per heavy atom. The summed E-state index contributed by atoms with van der Waals surface area (Å²) >= 11 is 3.15. The van der Waals surface area contributed by atoms with Crippen LogP contribution in [0.15, 0.2) is 11.1 Å². The van der Waals surface area contributed by atoms with Gasteiger partial charge in [-0.05, 0) is 6.92 Å². The Morgan fingerprint density at radius 2 is 2.27 bits per heavy atom. The van der Waals surface area contributed by atoms with Crippen LogP contribution in [0.4, 0.5) is 4.79 Å². The number of nitrogens with zero attached hydrogens (tertiary/aromatic N) is 1. The topological polar surface area (TPSA) is 32.3 Å². The zero-order chi connectivity index (χ0) is 8.85. The SMILES string of the molecule is C=C(Br)CNC(=O)N(C)CC. The van der Waals surface area contributed by atoms with Crippen LogP contribution in [0.5, 0.6) is 0 Å². The molecule has 64 valence electrons. The lowest BCUT2D eigenvalue weighted by molar-refractivity contribution is 0.212. The first-order chi connectivity index (χ1) is 5.07. The third-order valence-corrected chi connectivity index (χ3v) is 1.53. The van der Waals surface area contributed by atoms with E-state index in [2.05, 4.69) is 27.8 Å². The van der Waals surface area contributed by atoms with E-state index in [1.165, 1.54) is 0 Å². The van der Waals surface area contributed by atoms with Crippen molar-refractivity contribution in [3.8, 4) is 0 Å². The second kappa shape index (κ2) is 5.18. The van der Waals surface area contributed by atoms with Crippen molar-refractivity contribution in [3.63, 3.8) is 0 Å². The van der Waals surface area contributed by atoms with E-state index in [4.69, 9.17) is 0 Å². The molecule has 0 rings (SSSR count). The minimum absolute atomic E-state index is 0.0758. The van der Waals surface area contributed by atoms with Crippen molar-refractivity contribution in [1.82, 2.24) is 10.2 Å². The molecule has 0 aromatic rings. The van der Waals surface area contributed by atoms with E-state index in [1.54, 1.807) is 11.9 Å². The van der Waals surface area contributed by atoms with Crippen LogP contribution in [-0.4, -0.2) is 31.1 Å². The lowest BCUT2D eigenvalue weighted by atomic mass is 10.6. The number of nitrogens with one attached hydrogen (secondary N) is 1. The van der Waals surface area contributed by atoms with Crippen molar-refractivity contribution in [1.29, 1.82) is 0 Å². The van der Waals surface area contributed by atoms with Crippen molar-refractivity contribution in [2.45, 2.75) is 6.92 Å². The molecule has 0 fully saturated rings. The van der Waals surface area contributed by atoms with Crippen molar-refractivity contribution >= 4 is 22.0 Å². The van der Waals surface area contributed by atoms with Crippen molar-refractivity contribution in [3.05, 3.63) is 11.1 Å². The minimum Gasteiger partial charge on any atom is -0.333 e. The number of rotatable bonds is 3. The zero-order valence-corrected chi connectivity index (χ0v) is 8.44. The largest absolute Gasteiger partial charge is 0.333 e. The maximum Gasteiger partial charge on any atom is 0.317 e. The Labute approximate surface area is 75.6 Å². The molecule has 0 heterocycles. The van der Waals surface area contributed by atoms with Gasteiger partial charge in [-0.15, -0.1) is 0 Å². The Bertz CT molecular complexity index is 159. The molecule has 1 N–H and O–H groups in total. The zero-order valence-electron chi connectivity index (χ0n) is 6.85. The molecule has 4 heteroatoms. The fourth-order valence-corrected chi connectivity index (χ4v) is 0.590. The first-order valence-corrected chi connectivity index (χ1v) is 4.19. The highest BCUT2D eigenvalue weighted by molar-refractivity contribution is 9.11. The summed E-state index contributed by atoms with van der Waals surface area (Å²) in [4.78, 5) is 12.6. The number of urea groups is 1. The predicted octanol–water partition coefficient (Wildman–Crippen LogP) is 1.56. The van der Waals surface area contributed by atoms with E-state index < -0.39 is 0 Å². The molecule has 0 aliphatic carbocycles. The Morgan fingerprint density at radius 1 is 1.73 bits per heavy atom. The van der Waals surface area contributed by atoms with Gasteiger partial charge >= 0.3 is 6.03 Å². The molecule has 0 saturated heterocycles. The smallest absolute Gasteiger partial charge is 0.317 e. The van der Waals surface area contributed by atoms with Crippen molar-refractivity contribution < 1.29 is 4.79 Å². The van der Waals surface area contributed by atoms with Crippen LogP contribution in [0.25, 0.3) is 0 Å². The Balaban J connectivity index is 3.60. The number of hydrogen-bond donors (Lipinski definition) is 1. The van der Waals surface area contributed by atoms with E-state index in [0.29, 0.717) is 13.1 Å². The van der Waals surface area contributed by atoms with Gasteiger partial charge in [-0.25, -0.2) is 4.79 Å². The number of halogens is 1. The van der Waals surface area contributed by atoms with Gasteiger partial charge in [0.15, 0.2) is 0 Å². The highest BCUT2D eigenvalue weighted by Crippen LogP contribution is 1.96. The second-order valence-electron chi connectivity index (χ2n) is 2.19. The molecule has 0 saturated carbocycles. The van der Waals surface area contributed by atoms with Crippen LogP contribution >= 0.6 is 15.9 Å². The summed E-state index contributed by atoms with van der Waals surface area (Å²) in [6.45, 7) is 6.70. The molecule has 11 heavy (non-hydrogen) atoms. The molecule has 0 aliphatic heterocycles. The maximum atomic E-state index is 11.0. The van der Waals surface area contributed by atoms with Crippen LogP contribution in [-0.2, 0) is 0 Å². The van der Waals surface area contributed by atoms with Crippen LogP contribution < -0.4 is 5.32 Å². The second-order valence-corrected chi connectivity index (χ2v) is 3.31. The normalized spacial score (nSPS) is 9.00. The molecule has 0 aliphatic rings. The quantitative estimate of drug-likeness (QED) is 0.770. The standard InChI is InChI=1S/C7H13BrN2O/c1-4-10(3)7(11)9-5-6(2)8/h2,4-5H2,1,3H3,(H,9,11). The Hall–Kier alpha value is -0.510. The van der Waals surface area contributed by atoms with E-state index >= 15 is 0 Å². The van der Waals surface area contributed by atoms with Gasteiger partial charge in [-0.3, -0.25) is 0 Å². The molecule has 0 aromatic carbocycles. The third-order valence-electron chi connectivity index (χ3n) is 1.25. The molecule has 0 unspecified atom stereocenters. The molecule has 0 bridgehead atoms. The van der Waals surface area contributed by atoms with Crippen LogP contribution in [0.3, 0.4) is 0 Å². The van der Waals surface area contributed by atoms with E-state index in [9.17, 15) is 4.79 Å². The van der Waals surface area contributed by atoms with Gasteiger partial charge in [0.25, 0.3) is 0 Å². The van der Waals surface area contributed by atoms with E-state index in [0.717, 1.165) is 4.48 Å². The fourth-order valence-electron chi connectivity index (χ4n) is 0.450. The van der Waals surface area contributed by atoms with Gasteiger partial charge in [-0.2, -0.15) is 0 Å². The van der Waals surface area contributed by atoms with Gasteiger partial charge in [0.1, 0.15) is 0 Å². The average molecular weight is 221 g/mol. The highest BCUT2D eigenvalue weighted by Gasteiger charge is 2.03. The van der Waals surface area contributed by atoms with E-state index in [-0.39, 0.29) is 6.03 Å². The summed E-state index contributed by atoms with van der Waals surface area (Å²) in [5.74, 6) is 0. The summed E-state index contributed by atoms with van der Waals surface area (Å²) in [5, 5.41) is 2.67. The lowest BCUT2D eigenvalue weighted by Crippen LogP contribution is -2.37. The molecule has 2 amide bonds. The molecule has 0 spiro atoms. The van der Waals surface area contributed by atoms with Crippen molar-refractivity contribution in [2.24, 2.45) is 0 Å². The number of carbonyl (C=O) groups is 1. The fraction of sp³-hybridized carbons (Fsp3) is 0.571. The molecule has 3 nitrogen and oxygen atoms in total. The molecular formula is C7H13BrN2O. The lowest BCUT2D eigenvalue weighted by Gasteiger charge is -2.14. The van der Waals surface area contributed by atoms with Crippen LogP contribution in [0, 0.1) is 0 Å².